The molecule has 0 bridgehead atoms. The van der Waals surface area contributed by atoms with E-state index in [0.717, 1.165) is 0 Å². The molecule has 0 saturated carbocycles. The van der Waals surface area contributed by atoms with Crippen LogP contribution in [0.4, 0.5) is 0 Å². The zero-order chi connectivity index (χ0) is 4.99. The average Bonchev–Trinajstić information content (AvgIpc) is 1.35. The molecule has 0 atom stereocenters. The second kappa shape index (κ2) is 5.72. The second-order valence-corrected chi connectivity index (χ2v) is 0.924. The summed E-state index contributed by atoms with van der Waals surface area (Å²) in [7, 11) is 1.59. The van der Waals surface area contributed by atoms with Crippen LogP contribution in [0.2, 0.25) is 0 Å². The van der Waals surface area contributed by atoms with Crippen molar-refractivity contribution in [3.63, 3.8) is 0 Å². The monoisotopic (exact) mass is 125 g/mol. The standard InChI is InChI=1S/C3H7NO2.ClH/c1-4-2-3(5)6;/h4H,2H2,1H3,(H,5,6);1H. The van der Waals surface area contributed by atoms with E-state index in [4.69, 9.17) is 5.11 Å². The van der Waals surface area contributed by atoms with Gasteiger partial charge in [-0.25, -0.2) is 0 Å². The lowest BCUT2D eigenvalue weighted by Gasteiger charge is -1.84. The van der Waals surface area contributed by atoms with Gasteiger partial charge in [0.15, 0.2) is 0 Å². The summed E-state index contributed by atoms with van der Waals surface area (Å²) >= 11 is 0. The normalized spacial score (nSPS) is 7.00. The van der Waals surface area contributed by atoms with Gasteiger partial charge in [0.1, 0.15) is 0 Å². The minimum absolute atomic E-state index is 0. The molecule has 0 amide bonds. The van der Waals surface area contributed by atoms with Crippen molar-refractivity contribution < 1.29 is 9.90 Å². The van der Waals surface area contributed by atoms with E-state index in [1.54, 1.807) is 7.05 Å². The average molecular weight is 126 g/mol. The molecule has 0 aromatic rings. The van der Waals surface area contributed by atoms with Crippen LogP contribution in [0.5, 0.6) is 0 Å². The number of hydrogen-bond acceptors (Lipinski definition) is 2. The number of carboxylic acids is 1. The lowest BCUT2D eigenvalue weighted by atomic mass is 10.7. The number of carboxylic acid groups (broad SMARTS) is 1. The molecule has 0 aliphatic carbocycles. The number of carbonyl (C=O) groups is 1. The molecule has 44 valence electrons. The summed E-state index contributed by atoms with van der Waals surface area (Å²) < 4.78 is 0. The summed E-state index contributed by atoms with van der Waals surface area (Å²) in [6.07, 6.45) is 0. The first kappa shape index (κ1) is 9.87. The fourth-order valence-electron chi connectivity index (χ4n) is 0.151. The van der Waals surface area contributed by atoms with Gasteiger partial charge in [-0.05, 0) is 7.05 Å². The van der Waals surface area contributed by atoms with Crippen molar-refractivity contribution in [2.75, 3.05) is 13.6 Å². The van der Waals surface area contributed by atoms with Crippen molar-refractivity contribution in [1.29, 1.82) is 0 Å². The smallest absolute Gasteiger partial charge is 0.317 e. The highest BCUT2D eigenvalue weighted by Gasteiger charge is 1.86. The van der Waals surface area contributed by atoms with Crippen LogP contribution < -0.4 is 5.32 Å². The Hall–Kier alpha value is -0.280. The highest BCUT2D eigenvalue weighted by molar-refractivity contribution is 5.85. The van der Waals surface area contributed by atoms with Gasteiger partial charge < -0.3 is 10.4 Å². The maximum atomic E-state index is 9.54. The summed E-state index contributed by atoms with van der Waals surface area (Å²) in [6.45, 7) is 0.0417. The van der Waals surface area contributed by atoms with Crippen LogP contribution >= 0.6 is 12.4 Å². The maximum Gasteiger partial charge on any atom is 0.317 e. The van der Waals surface area contributed by atoms with E-state index in [-0.39, 0.29) is 19.0 Å². The highest BCUT2D eigenvalue weighted by Crippen LogP contribution is 1.50. The molecule has 4 heteroatoms. The Morgan fingerprint density at radius 2 is 2.29 bits per heavy atom. The molecule has 0 aliphatic rings. The van der Waals surface area contributed by atoms with Gasteiger partial charge in [0.05, 0.1) is 6.54 Å². The van der Waals surface area contributed by atoms with Gasteiger partial charge in [0.25, 0.3) is 0 Å². The molecule has 0 saturated heterocycles. The summed E-state index contributed by atoms with van der Waals surface area (Å²) in [5.74, 6) is -0.822. The molecule has 0 fully saturated rings. The van der Waals surface area contributed by atoms with E-state index in [2.05, 4.69) is 5.32 Å². The van der Waals surface area contributed by atoms with Crippen LogP contribution in [-0.2, 0) is 4.79 Å². The van der Waals surface area contributed by atoms with Crippen molar-refractivity contribution in [3.8, 4) is 0 Å². The first-order valence-corrected chi connectivity index (χ1v) is 1.63. The first-order chi connectivity index (χ1) is 2.77. The molecule has 2 N–H and O–H groups in total. The SMILES string of the molecule is CNCC(=O)O.Cl. The lowest BCUT2D eigenvalue weighted by Crippen LogP contribution is -2.16. The van der Waals surface area contributed by atoms with E-state index in [1.165, 1.54) is 0 Å². The first-order valence-electron chi connectivity index (χ1n) is 1.63. The molecule has 0 heterocycles. The Morgan fingerprint density at radius 1 is 1.86 bits per heavy atom. The summed E-state index contributed by atoms with van der Waals surface area (Å²) in [5.41, 5.74) is 0. The predicted octanol–water partition coefficient (Wildman–Crippen LogP) is -0.288. The van der Waals surface area contributed by atoms with Crippen LogP contribution in [0.25, 0.3) is 0 Å². The van der Waals surface area contributed by atoms with Gasteiger partial charge in [-0.15, -0.1) is 12.4 Å². The van der Waals surface area contributed by atoms with E-state index < -0.39 is 5.97 Å². The third-order valence-corrected chi connectivity index (χ3v) is 0.328. The third-order valence-electron chi connectivity index (χ3n) is 0.328. The fourth-order valence-corrected chi connectivity index (χ4v) is 0.151. The zero-order valence-corrected chi connectivity index (χ0v) is 4.79. The maximum absolute atomic E-state index is 9.54. The van der Waals surface area contributed by atoms with Crippen LogP contribution in [0, 0.1) is 0 Å². The number of halogens is 1. The van der Waals surface area contributed by atoms with Crippen molar-refractivity contribution in [3.05, 3.63) is 0 Å². The molecule has 0 rings (SSSR count). The summed E-state index contributed by atoms with van der Waals surface area (Å²) in [5, 5.41) is 10.3. The molecule has 3 nitrogen and oxygen atoms in total. The molecule has 0 aromatic carbocycles. The Balaban J connectivity index is 0. The van der Waals surface area contributed by atoms with E-state index in [1.807, 2.05) is 0 Å². The largest absolute Gasteiger partial charge is 0.480 e. The quantitative estimate of drug-likeness (QED) is 0.534. The fraction of sp³-hybridized carbons (Fsp3) is 0.667. The van der Waals surface area contributed by atoms with Crippen LogP contribution in [0.3, 0.4) is 0 Å². The highest BCUT2D eigenvalue weighted by atomic mass is 35.5. The van der Waals surface area contributed by atoms with Crippen LogP contribution in [0.15, 0.2) is 0 Å². The molecular formula is C3H8ClNO2. The van der Waals surface area contributed by atoms with E-state index in [9.17, 15) is 4.79 Å². The number of likely N-dealkylation sites (N-methyl/N-ethyl adjacent to an activating group) is 1. The Kier molecular flexibility index (Phi) is 8.06. The molecule has 0 aliphatic heterocycles. The Labute approximate surface area is 48.1 Å². The number of hydrogen-bond donors (Lipinski definition) is 2. The van der Waals surface area contributed by atoms with Crippen molar-refractivity contribution >= 4 is 18.4 Å². The molecule has 0 aromatic heterocycles. The number of nitrogens with one attached hydrogen (secondary N) is 1. The van der Waals surface area contributed by atoms with Crippen LogP contribution in [0.1, 0.15) is 0 Å². The molecule has 0 unspecified atom stereocenters. The second-order valence-electron chi connectivity index (χ2n) is 0.924. The predicted molar refractivity (Wildman–Crippen MR) is 28.8 cm³/mol. The zero-order valence-electron chi connectivity index (χ0n) is 3.97. The minimum Gasteiger partial charge on any atom is -0.480 e. The van der Waals surface area contributed by atoms with Gasteiger partial charge in [0.2, 0.25) is 0 Å². The van der Waals surface area contributed by atoms with Crippen molar-refractivity contribution in [2.24, 2.45) is 0 Å². The summed E-state index contributed by atoms with van der Waals surface area (Å²) in [4.78, 5) is 9.54. The Bertz CT molecular complexity index is 56.9. The van der Waals surface area contributed by atoms with E-state index in [0.29, 0.717) is 0 Å². The molecule has 7 heavy (non-hydrogen) atoms. The molecular weight excluding hydrogens is 117 g/mol. The van der Waals surface area contributed by atoms with Gasteiger partial charge in [-0.3, -0.25) is 4.79 Å². The van der Waals surface area contributed by atoms with Gasteiger partial charge >= 0.3 is 5.97 Å². The van der Waals surface area contributed by atoms with Crippen LogP contribution in [-0.4, -0.2) is 24.7 Å². The molecule has 0 spiro atoms. The molecule has 0 radical (unpaired) electrons. The third kappa shape index (κ3) is 10.7. The van der Waals surface area contributed by atoms with Gasteiger partial charge in [0, 0.05) is 0 Å². The van der Waals surface area contributed by atoms with Gasteiger partial charge in [-0.2, -0.15) is 0 Å². The lowest BCUT2D eigenvalue weighted by molar-refractivity contribution is -0.135. The van der Waals surface area contributed by atoms with E-state index >= 15 is 0 Å². The summed E-state index contributed by atoms with van der Waals surface area (Å²) in [6, 6.07) is 0. The van der Waals surface area contributed by atoms with Crippen molar-refractivity contribution in [2.45, 2.75) is 0 Å². The Morgan fingerprint density at radius 3 is 2.29 bits per heavy atom. The minimum atomic E-state index is -0.822. The number of aliphatic carboxylic acids is 1. The van der Waals surface area contributed by atoms with Gasteiger partial charge in [-0.1, -0.05) is 0 Å². The topological polar surface area (TPSA) is 49.3 Å². The number of rotatable bonds is 2. The van der Waals surface area contributed by atoms with Crippen molar-refractivity contribution in [1.82, 2.24) is 5.32 Å².